The molecule has 0 atom stereocenters. The first-order chi connectivity index (χ1) is 25.6. The van der Waals surface area contributed by atoms with Crippen LogP contribution < -0.4 is 35.0 Å². The fraction of sp³-hybridized carbons (Fsp3) is 0.333. The number of fused-ring (bicyclic) bond motifs is 7. The van der Waals surface area contributed by atoms with E-state index in [-0.39, 0.29) is 17.5 Å². The van der Waals surface area contributed by atoms with Crippen molar-refractivity contribution >= 4 is 78.0 Å². The molecule has 5 aromatic carbocycles. The summed E-state index contributed by atoms with van der Waals surface area (Å²) in [6, 6.07) is 28.2. The van der Waals surface area contributed by atoms with Gasteiger partial charge in [0.2, 0.25) is 0 Å². The minimum atomic E-state index is -0.00988. The van der Waals surface area contributed by atoms with Crippen molar-refractivity contribution in [2.75, 3.05) is 23.0 Å². The van der Waals surface area contributed by atoms with Crippen molar-refractivity contribution < 1.29 is 9.47 Å². The second-order valence-electron chi connectivity index (χ2n) is 17.9. The lowest BCUT2D eigenvalue weighted by molar-refractivity contribution is 0.296. The molecule has 274 valence electrons. The van der Waals surface area contributed by atoms with Gasteiger partial charge in [-0.15, -0.1) is 11.3 Å². The van der Waals surface area contributed by atoms with Gasteiger partial charge >= 0.3 is 0 Å². The van der Waals surface area contributed by atoms with E-state index in [1.807, 2.05) is 11.3 Å². The standard InChI is InChI=1S/C48H51BN2O2S/c1-27-21-37-41-38(22-27)51(42-28(2)23-33(24-29(42)3)48(9,10)11)44-34-15-12-13-16-40(34)54-46(44)49(41)35-26-32(47(6,7)8)17-18-36(35)50(37)43-30(4)25-39-45(31(43)5)53-20-14-19-52-39/h12-13,15-18,21-26H,14,19-20H2,1-11H3. The van der Waals surface area contributed by atoms with Gasteiger partial charge in [-0.2, -0.15) is 0 Å². The fourth-order valence-corrected chi connectivity index (χ4v) is 10.5. The highest BCUT2D eigenvalue weighted by molar-refractivity contribution is 7.33. The molecule has 3 aliphatic heterocycles. The minimum absolute atomic E-state index is 0.00988. The number of thiophene rings is 1. The monoisotopic (exact) mass is 730 g/mol. The fourth-order valence-electron chi connectivity index (χ4n) is 9.22. The lowest BCUT2D eigenvalue weighted by Crippen LogP contribution is -2.60. The molecular formula is C48H51BN2O2S. The van der Waals surface area contributed by atoms with Gasteiger partial charge in [0.05, 0.1) is 30.3 Å². The van der Waals surface area contributed by atoms with Crippen LogP contribution in [0.15, 0.2) is 72.8 Å². The zero-order valence-electron chi connectivity index (χ0n) is 33.7. The van der Waals surface area contributed by atoms with E-state index in [0.29, 0.717) is 13.2 Å². The van der Waals surface area contributed by atoms with Crippen molar-refractivity contribution in [2.24, 2.45) is 0 Å². The van der Waals surface area contributed by atoms with E-state index in [1.54, 1.807) is 0 Å². The minimum Gasteiger partial charge on any atom is -0.490 e. The Bertz CT molecular complexity index is 2510. The molecule has 0 fully saturated rings. The van der Waals surface area contributed by atoms with Crippen LogP contribution in [0.3, 0.4) is 0 Å². The van der Waals surface area contributed by atoms with Crippen LogP contribution in [0.5, 0.6) is 11.5 Å². The molecule has 0 N–H and O–H groups in total. The van der Waals surface area contributed by atoms with Gasteiger partial charge in [0.15, 0.2) is 11.5 Å². The number of benzene rings is 5. The summed E-state index contributed by atoms with van der Waals surface area (Å²) < 4.78 is 15.5. The molecule has 3 aliphatic rings. The Balaban J connectivity index is 1.41. The van der Waals surface area contributed by atoms with E-state index in [9.17, 15) is 0 Å². The molecule has 54 heavy (non-hydrogen) atoms. The maximum atomic E-state index is 6.46. The highest BCUT2D eigenvalue weighted by Crippen LogP contribution is 2.52. The molecule has 0 amide bonds. The summed E-state index contributed by atoms with van der Waals surface area (Å²) >= 11 is 1.96. The third-order valence-corrected chi connectivity index (χ3v) is 13.0. The Kier molecular flexibility index (Phi) is 7.90. The average Bonchev–Trinajstić information content (AvgIpc) is 3.32. The first kappa shape index (κ1) is 35.1. The molecule has 0 bridgehead atoms. The summed E-state index contributed by atoms with van der Waals surface area (Å²) in [5.41, 5.74) is 19.1. The Hall–Kier alpha value is -4.68. The van der Waals surface area contributed by atoms with E-state index in [4.69, 9.17) is 9.47 Å². The third-order valence-electron chi connectivity index (χ3n) is 11.8. The SMILES string of the molecule is Cc1cc2c3c(c1)N(c1c(C)cc(C(C)(C)C)cc1C)c1c(sc4ccccc14)B3c1cc(C(C)(C)C)ccc1N2c1c(C)cc2c(c1C)OCCCO2. The maximum absolute atomic E-state index is 6.46. The van der Waals surface area contributed by atoms with Crippen molar-refractivity contribution in [3.8, 4) is 11.5 Å². The number of nitrogens with zero attached hydrogens (tertiary/aromatic N) is 2. The molecule has 4 heterocycles. The van der Waals surface area contributed by atoms with Gasteiger partial charge in [-0.05, 0) is 120 Å². The largest absolute Gasteiger partial charge is 0.490 e. The van der Waals surface area contributed by atoms with E-state index in [1.165, 1.54) is 93.3 Å². The molecular weight excluding hydrogens is 679 g/mol. The quantitative estimate of drug-likeness (QED) is 0.165. The predicted octanol–water partition coefficient (Wildman–Crippen LogP) is 11.3. The van der Waals surface area contributed by atoms with Gasteiger partial charge in [0, 0.05) is 43.9 Å². The van der Waals surface area contributed by atoms with Gasteiger partial charge in [-0.25, -0.2) is 0 Å². The summed E-state index contributed by atoms with van der Waals surface area (Å²) in [7, 11) is 0. The molecule has 4 nitrogen and oxygen atoms in total. The molecule has 6 aromatic rings. The van der Waals surface area contributed by atoms with Crippen molar-refractivity contribution in [2.45, 2.75) is 93.4 Å². The van der Waals surface area contributed by atoms with Crippen molar-refractivity contribution in [1.29, 1.82) is 0 Å². The number of hydrogen-bond acceptors (Lipinski definition) is 5. The molecule has 0 spiro atoms. The van der Waals surface area contributed by atoms with Crippen LogP contribution in [0.25, 0.3) is 10.1 Å². The normalized spacial score (nSPS) is 14.9. The highest BCUT2D eigenvalue weighted by atomic mass is 32.1. The lowest BCUT2D eigenvalue weighted by Gasteiger charge is -2.45. The van der Waals surface area contributed by atoms with Crippen LogP contribution in [-0.4, -0.2) is 19.9 Å². The van der Waals surface area contributed by atoms with E-state index in [2.05, 4.69) is 159 Å². The first-order valence-electron chi connectivity index (χ1n) is 19.6. The Labute approximate surface area is 325 Å². The Morgan fingerprint density at radius 3 is 1.98 bits per heavy atom. The summed E-state index contributed by atoms with van der Waals surface area (Å²) in [6.07, 6.45) is 0.876. The number of rotatable bonds is 2. The van der Waals surface area contributed by atoms with Crippen LogP contribution in [-0.2, 0) is 10.8 Å². The molecule has 0 aliphatic carbocycles. The third kappa shape index (κ3) is 5.23. The van der Waals surface area contributed by atoms with E-state index >= 15 is 0 Å². The number of ether oxygens (including phenoxy) is 2. The van der Waals surface area contributed by atoms with Gasteiger partial charge in [0.25, 0.3) is 6.71 Å². The molecule has 6 heteroatoms. The molecule has 0 saturated carbocycles. The predicted molar refractivity (Wildman–Crippen MR) is 233 cm³/mol. The van der Waals surface area contributed by atoms with Crippen molar-refractivity contribution in [1.82, 2.24) is 0 Å². The molecule has 1 aromatic heterocycles. The molecule has 0 saturated heterocycles. The maximum Gasteiger partial charge on any atom is 0.264 e. The average molecular weight is 731 g/mol. The van der Waals surface area contributed by atoms with Gasteiger partial charge in [0.1, 0.15) is 0 Å². The van der Waals surface area contributed by atoms with Gasteiger partial charge in [-0.3, -0.25) is 0 Å². The Morgan fingerprint density at radius 2 is 1.28 bits per heavy atom. The summed E-state index contributed by atoms with van der Waals surface area (Å²) in [5.74, 6) is 1.71. The zero-order chi connectivity index (χ0) is 38.0. The second kappa shape index (κ2) is 12.2. The van der Waals surface area contributed by atoms with E-state index < -0.39 is 0 Å². The topological polar surface area (TPSA) is 24.9 Å². The van der Waals surface area contributed by atoms with E-state index in [0.717, 1.165) is 23.5 Å². The second-order valence-corrected chi connectivity index (χ2v) is 19.0. The summed E-state index contributed by atoms with van der Waals surface area (Å²) in [6.45, 7) is 26.7. The van der Waals surface area contributed by atoms with Crippen LogP contribution in [0.2, 0.25) is 0 Å². The van der Waals surface area contributed by atoms with Crippen LogP contribution in [0.1, 0.15) is 86.9 Å². The number of hydrogen-bond donors (Lipinski definition) is 0. The van der Waals surface area contributed by atoms with Crippen LogP contribution in [0, 0.1) is 34.6 Å². The van der Waals surface area contributed by atoms with Gasteiger partial charge < -0.3 is 19.3 Å². The Morgan fingerprint density at radius 1 is 0.630 bits per heavy atom. The van der Waals surface area contributed by atoms with Crippen molar-refractivity contribution in [3.63, 3.8) is 0 Å². The highest BCUT2D eigenvalue weighted by Gasteiger charge is 2.46. The zero-order valence-corrected chi connectivity index (χ0v) is 34.6. The lowest BCUT2D eigenvalue weighted by atomic mass is 9.36. The number of anilines is 6. The summed E-state index contributed by atoms with van der Waals surface area (Å²) in [5, 5.41) is 1.32. The summed E-state index contributed by atoms with van der Waals surface area (Å²) in [4.78, 5) is 5.19. The van der Waals surface area contributed by atoms with Gasteiger partial charge in [-0.1, -0.05) is 84.0 Å². The first-order valence-corrected chi connectivity index (χ1v) is 20.4. The van der Waals surface area contributed by atoms with Crippen molar-refractivity contribution in [3.05, 3.63) is 112 Å². The molecule has 0 radical (unpaired) electrons. The van der Waals surface area contributed by atoms with Crippen LogP contribution in [0.4, 0.5) is 34.1 Å². The molecule has 9 rings (SSSR count). The smallest absolute Gasteiger partial charge is 0.264 e. The number of aryl methyl sites for hydroxylation is 4. The van der Waals surface area contributed by atoms with Crippen LogP contribution >= 0.6 is 11.3 Å². The molecule has 0 unspecified atom stereocenters.